The normalized spacial score (nSPS) is 18.6. The Balaban J connectivity index is 1.62. The molecular formula is C26H35N3O3. The Bertz CT molecular complexity index is 894. The second kappa shape index (κ2) is 11.2. The molecule has 2 aromatic rings. The third kappa shape index (κ3) is 6.65. The zero-order valence-corrected chi connectivity index (χ0v) is 19.6. The largest absolute Gasteiger partial charge is 0.373 e. The summed E-state index contributed by atoms with van der Waals surface area (Å²) in [5.41, 5.74) is 3.84. The second-order valence-corrected chi connectivity index (χ2v) is 8.73. The summed E-state index contributed by atoms with van der Waals surface area (Å²) in [6.07, 6.45) is 1.96. The molecule has 0 radical (unpaired) electrons. The first-order chi connectivity index (χ1) is 15.4. The number of carbonyl (C=O) groups is 2. The monoisotopic (exact) mass is 437 g/mol. The van der Waals surface area contributed by atoms with Crippen LogP contribution >= 0.6 is 0 Å². The molecule has 2 aromatic carbocycles. The zero-order valence-electron chi connectivity index (χ0n) is 19.6. The Morgan fingerprint density at radius 2 is 1.78 bits per heavy atom. The molecular weight excluding hydrogens is 402 g/mol. The van der Waals surface area contributed by atoms with Crippen molar-refractivity contribution in [2.24, 2.45) is 0 Å². The molecule has 0 unspecified atom stereocenters. The van der Waals surface area contributed by atoms with Gasteiger partial charge in [-0.05, 0) is 68.6 Å². The third-order valence-corrected chi connectivity index (χ3v) is 5.80. The molecule has 2 amide bonds. The number of anilines is 1. The van der Waals surface area contributed by atoms with E-state index in [4.69, 9.17) is 4.74 Å². The maximum Gasteiger partial charge on any atom is 0.251 e. The summed E-state index contributed by atoms with van der Waals surface area (Å²) in [6.45, 7) is 10.2. The standard InChI is InChI=1S/C26H35N3O3/c1-5-29(17-20-6-12-23(13-7-20)28-19(4)30)24-14-15-32-25(16-24)21-8-10-22(11-9-21)26(31)27-18(2)3/h6-13,18,24-25H,5,14-17H2,1-4H3,(H,27,31)(H,28,30)/t24-,25+/m1/s1. The lowest BCUT2D eigenvalue weighted by atomic mass is 9.95. The molecule has 6 heteroatoms. The van der Waals surface area contributed by atoms with Gasteiger partial charge in [0.05, 0.1) is 6.10 Å². The lowest BCUT2D eigenvalue weighted by Gasteiger charge is -2.37. The number of carbonyl (C=O) groups excluding carboxylic acids is 2. The predicted octanol–water partition coefficient (Wildman–Crippen LogP) is 4.53. The van der Waals surface area contributed by atoms with E-state index in [-0.39, 0.29) is 24.0 Å². The average molecular weight is 438 g/mol. The highest BCUT2D eigenvalue weighted by Crippen LogP contribution is 2.31. The number of nitrogens with zero attached hydrogens (tertiary/aromatic N) is 1. The number of benzene rings is 2. The van der Waals surface area contributed by atoms with E-state index < -0.39 is 0 Å². The fourth-order valence-corrected chi connectivity index (χ4v) is 4.17. The Labute approximate surface area is 191 Å². The number of rotatable bonds is 8. The van der Waals surface area contributed by atoms with Gasteiger partial charge in [0.15, 0.2) is 0 Å². The number of nitrogens with one attached hydrogen (secondary N) is 2. The van der Waals surface area contributed by atoms with E-state index >= 15 is 0 Å². The second-order valence-electron chi connectivity index (χ2n) is 8.73. The highest BCUT2D eigenvalue weighted by molar-refractivity contribution is 5.94. The molecule has 6 nitrogen and oxygen atoms in total. The smallest absolute Gasteiger partial charge is 0.251 e. The molecule has 0 aliphatic carbocycles. The topological polar surface area (TPSA) is 70.7 Å². The molecule has 0 aromatic heterocycles. The molecule has 2 N–H and O–H groups in total. The molecule has 1 fully saturated rings. The Hall–Kier alpha value is -2.70. The number of hydrogen-bond acceptors (Lipinski definition) is 4. The van der Waals surface area contributed by atoms with E-state index in [9.17, 15) is 9.59 Å². The SMILES string of the molecule is CCN(Cc1ccc(NC(C)=O)cc1)[C@@H]1CCO[C@H](c2ccc(C(=O)NC(C)C)cc2)C1. The van der Waals surface area contributed by atoms with Crippen LogP contribution in [0.1, 0.15) is 68.1 Å². The van der Waals surface area contributed by atoms with Gasteiger partial charge in [-0.25, -0.2) is 0 Å². The lowest BCUT2D eigenvalue weighted by molar-refractivity contribution is -0.114. The van der Waals surface area contributed by atoms with E-state index in [0.29, 0.717) is 11.6 Å². The predicted molar refractivity (Wildman–Crippen MR) is 128 cm³/mol. The summed E-state index contributed by atoms with van der Waals surface area (Å²) in [6, 6.07) is 16.4. The highest BCUT2D eigenvalue weighted by atomic mass is 16.5. The van der Waals surface area contributed by atoms with Crippen molar-refractivity contribution in [1.82, 2.24) is 10.2 Å². The van der Waals surface area contributed by atoms with Crippen molar-refractivity contribution in [2.45, 2.75) is 65.3 Å². The number of amides is 2. The van der Waals surface area contributed by atoms with Crippen LogP contribution in [0.2, 0.25) is 0 Å². The molecule has 2 atom stereocenters. The summed E-state index contributed by atoms with van der Waals surface area (Å²) < 4.78 is 6.09. The summed E-state index contributed by atoms with van der Waals surface area (Å²) in [4.78, 5) is 25.9. The van der Waals surface area contributed by atoms with Crippen LogP contribution in [0.5, 0.6) is 0 Å². The van der Waals surface area contributed by atoms with Gasteiger partial charge >= 0.3 is 0 Å². The van der Waals surface area contributed by atoms with Crippen molar-refractivity contribution in [3.05, 3.63) is 65.2 Å². The Morgan fingerprint density at radius 3 is 2.38 bits per heavy atom. The molecule has 172 valence electrons. The maximum atomic E-state index is 12.2. The molecule has 3 rings (SSSR count). The van der Waals surface area contributed by atoms with Crippen molar-refractivity contribution in [3.8, 4) is 0 Å². The van der Waals surface area contributed by atoms with Gasteiger partial charge in [-0.3, -0.25) is 14.5 Å². The van der Waals surface area contributed by atoms with E-state index in [1.165, 1.54) is 12.5 Å². The van der Waals surface area contributed by atoms with Gasteiger partial charge in [0.25, 0.3) is 5.91 Å². The molecule has 0 bridgehead atoms. The van der Waals surface area contributed by atoms with Crippen molar-refractivity contribution in [1.29, 1.82) is 0 Å². The Kier molecular flexibility index (Phi) is 8.42. The van der Waals surface area contributed by atoms with Crippen molar-refractivity contribution < 1.29 is 14.3 Å². The van der Waals surface area contributed by atoms with Gasteiger partial charge < -0.3 is 15.4 Å². The minimum atomic E-state index is -0.0604. The summed E-state index contributed by atoms with van der Waals surface area (Å²) in [5, 5.41) is 5.74. The van der Waals surface area contributed by atoms with Gasteiger partial charge in [-0.15, -0.1) is 0 Å². The lowest BCUT2D eigenvalue weighted by Crippen LogP contribution is -2.39. The molecule has 1 heterocycles. The van der Waals surface area contributed by atoms with Gasteiger partial charge in [0.2, 0.25) is 5.91 Å². The summed E-state index contributed by atoms with van der Waals surface area (Å²) in [5.74, 6) is -0.106. The zero-order chi connectivity index (χ0) is 23.1. The van der Waals surface area contributed by atoms with Gasteiger partial charge in [0.1, 0.15) is 0 Å². The van der Waals surface area contributed by atoms with Crippen molar-refractivity contribution in [3.63, 3.8) is 0 Å². The molecule has 0 saturated carbocycles. The first-order valence-corrected chi connectivity index (χ1v) is 11.5. The van der Waals surface area contributed by atoms with Crippen LogP contribution in [0, 0.1) is 0 Å². The third-order valence-electron chi connectivity index (χ3n) is 5.80. The molecule has 1 aliphatic rings. The highest BCUT2D eigenvalue weighted by Gasteiger charge is 2.28. The van der Waals surface area contributed by atoms with Gasteiger partial charge in [0, 0.05) is 43.4 Å². The first kappa shape index (κ1) is 24.0. The minimum Gasteiger partial charge on any atom is -0.373 e. The number of ether oxygens (including phenoxy) is 1. The van der Waals surface area contributed by atoms with Crippen LogP contribution in [-0.2, 0) is 16.1 Å². The van der Waals surface area contributed by atoms with Crippen molar-refractivity contribution in [2.75, 3.05) is 18.5 Å². The van der Waals surface area contributed by atoms with E-state index in [1.807, 2.05) is 50.2 Å². The van der Waals surface area contributed by atoms with E-state index in [2.05, 4.69) is 34.6 Å². The van der Waals surface area contributed by atoms with Crippen LogP contribution in [-0.4, -0.2) is 41.9 Å². The van der Waals surface area contributed by atoms with Crippen LogP contribution in [0.15, 0.2) is 48.5 Å². The first-order valence-electron chi connectivity index (χ1n) is 11.5. The van der Waals surface area contributed by atoms with E-state index in [1.54, 1.807) is 0 Å². The minimum absolute atomic E-state index is 0.0344. The molecule has 1 saturated heterocycles. The Morgan fingerprint density at radius 1 is 1.09 bits per heavy atom. The van der Waals surface area contributed by atoms with Crippen molar-refractivity contribution >= 4 is 17.5 Å². The molecule has 1 aliphatic heterocycles. The maximum absolute atomic E-state index is 12.2. The molecule has 32 heavy (non-hydrogen) atoms. The average Bonchev–Trinajstić information content (AvgIpc) is 2.78. The molecule has 0 spiro atoms. The van der Waals surface area contributed by atoms with Gasteiger partial charge in [-0.1, -0.05) is 31.2 Å². The van der Waals surface area contributed by atoms with Gasteiger partial charge in [-0.2, -0.15) is 0 Å². The summed E-state index contributed by atoms with van der Waals surface area (Å²) in [7, 11) is 0. The van der Waals surface area contributed by atoms with Crippen LogP contribution in [0.3, 0.4) is 0 Å². The van der Waals surface area contributed by atoms with Crippen LogP contribution in [0.4, 0.5) is 5.69 Å². The number of hydrogen-bond donors (Lipinski definition) is 2. The fourth-order valence-electron chi connectivity index (χ4n) is 4.17. The fraction of sp³-hybridized carbons (Fsp3) is 0.462. The summed E-state index contributed by atoms with van der Waals surface area (Å²) >= 11 is 0. The van der Waals surface area contributed by atoms with Crippen LogP contribution in [0.25, 0.3) is 0 Å². The van der Waals surface area contributed by atoms with Crippen LogP contribution < -0.4 is 10.6 Å². The van der Waals surface area contributed by atoms with E-state index in [0.717, 1.165) is 43.8 Å². The quantitative estimate of drug-likeness (QED) is 0.637.